The lowest BCUT2D eigenvalue weighted by Crippen LogP contribution is -2.18. The highest BCUT2D eigenvalue weighted by atomic mass is 16.5. The Morgan fingerprint density at radius 2 is 1.40 bits per heavy atom. The highest BCUT2D eigenvalue weighted by molar-refractivity contribution is 5.77. The fourth-order valence-electron chi connectivity index (χ4n) is 1.93. The molecule has 0 heterocycles. The molecule has 15 heavy (non-hydrogen) atoms. The Kier molecular flexibility index (Phi) is 4.59. The number of carbonyl (C=O) groups is 2. The van der Waals surface area contributed by atoms with E-state index in [1.54, 1.807) is 13.8 Å². The van der Waals surface area contributed by atoms with Crippen LogP contribution in [0.1, 0.15) is 33.1 Å². The van der Waals surface area contributed by atoms with Crippen molar-refractivity contribution in [3.63, 3.8) is 0 Å². The van der Waals surface area contributed by atoms with Gasteiger partial charge < -0.3 is 9.47 Å². The molecule has 0 aromatic heterocycles. The molecule has 0 spiro atoms. The van der Waals surface area contributed by atoms with E-state index in [4.69, 9.17) is 9.47 Å². The van der Waals surface area contributed by atoms with E-state index in [0.717, 1.165) is 12.8 Å². The van der Waals surface area contributed by atoms with Crippen LogP contribution in [0.15, 0.2) is 0 Å². The predicted octanol–water partition coefficient (Wildman–Crippen LogP) is 1.53. The lowest BCUT2D eigenvalue weighted by atomic mass is 10.1. The summed E-state index contributed by atoms with van der Waals surface area (Å²) in [6.45, 7) is 4.38. The summed E-state index contributed by atoms with van der Waals surface area (Å²) in [5, 5.41) is 0. The van der Waals surface area contributed by atoms with E-state index >= 15 is 0 Å². The van der Waals surface area contributed by atoms with Gasteiger partial charge in [0.25, 0.3) is 0 Å². The van der Waals surface area contributed by atoms with Gasteiger partial charge in [-0.15, -0.1) is 0 Å². The number of hydrogen-bond acceptors (Lipinski definition) is 4. The molecule has 1 fully saturated rings. The van der Waals surface area contributed by atoms with Crippen LogP contribution in [0.4, 0.5) is 0 Å². The first-order valence-electron chi connectivity index (χ1n) is 5.52. The number of rotatable bonds is 4. The van der Waals surface area contributed by atoms with Crippen molar-refractivity contribution < 1.29 is 19.1 Å². The van der Waals surface area contributed by atoms with Crippen LogP contribution < -0.4 is 0 Å². The molecule has 86 valence electrons. The summed E-state index contributed by atoms with van der Waals surface area (Å²) in [4.78, 5) is 22.8. The van der Waals surface area contributed by atoms with Crippen LogP contribution in [-0.4, -0.2) is 25.2 Å². The van der Waals surface area contributed by atoms with Crippen LogP contribution in [0.2, 0.25) is 0 Å². The van der Waals surface area contributed by atoms with Crippen LogP contribution in [0.5, 0.6) is 0 Å². The van der Waals surface area contributed by atoms with E-state index in [0.29, 0.717) is 19.6 Å². The number of ether oxygens (including phenoxy) is 2. The third kappa shape index (κ3) is 3.22. The third-order valence-electron chi connectivity index (χ3n) is 2.67. The minimum Gasteiger partial charge on any atom is -0.466 e. The van der Waals surface area contributed by atoms with Gasteiger partial charge in [0.05, 0.1) is 25.0 Å². The Balaban J connectivity index is 2.38. The quantitative estimate of drug-likeness (QED) is 0.666. The van der Waals surface area contributed by atoms with E-state index in [2.05, 4.69) is 0 Å². The van der Waals surface area contributed by atoms with Gasteiger partial charge in [0, 0.05) is 0 Å². The molecule has 0 N–H and O–H groups in total. The van der Waals surface area contributed by atoms with Gasteiger partial charge in [-0.05, 0) is 33.1 Å². The molecule has 1 saturated carbocycles. The summed E-state index contributed by atoms with van der Waals surface area (Å²) in [5.74, 6) is -0.577. The maximum atomic E-state index is 11.4. The van der Waals surface area contributed by atoms with Crippen molar-refractivity contribution in [1.82, 2.24) is 0 Å². The van der Waals surface area contributed by atoms with Gasteiger partial charge in [0.1, 0.15) is 0 Å². The Morgan fingerprint density at radius 1 is 1.00 bits per heavy atom. The first-order valence-corrected chi connectivity index (χ1v) is 5.52. The lowest BCUT2D eigenvalue weighted by Gasteiger charge is -2.09. The molecule has 0 bridgehead atoms. The Morgan fingerprint density at radius 3 is 1.73 bits per heavy atom. The van der Waals surface area contributed by atoms with Gasteiger partial charge in [0.15, 0.2) is 0 Å². The molecule has 1 rings (SSSR count). The van der Waals surface area contributed by atoms with Gasteiger partial charge in [-0.25, -0.2) is 0 Å². The summed E-state index contributed by atoms with van der Waals surface area (Å²) in [5.41, 5.74) is 0. The standard InChI is InChI=1S/C11H18O4/c1-3-14-10(12)8-5-6-9(7-8)11(13)15-4-2/h8-9H,3-7H2,1-2H3. The fraction of sp³-hybridized carbons (Fsp3) is 0.818. The van der Waals surface area contributed by atoms with E-state index in [-0.39, 0.29) is 23.8 Å². The molecule has 0 aromatic rings. The van der Waals surface area contributed by atoms with E-state index in [1.165, 1.54) is 0 Å². The zero-order chi connectivity index (χ0) is 11.3. The Labute approximate surface area is 89.9 Å². The summed E-state index contributed by atoms with van der Waals surface area (Å²) < 4.78 is 9.85. The van der Waals surface area contributed by atoms with Crippen LogP contribution in [0.3, 0.4) is 0 Å². The Bertz CT molecular complexity index is 213. The van der Waals surface area contributed by atoms with Gasteiger partial charge in [-0.3, -0.25) is 9.59 Å². The molecule has 4 nitrogen and oxygen atoms in total. The second-order valence-electron chi connectivity index (χ2n) is 3.71. The molecular weight excluding hydrogens is 196 g/mol. The SMILES string of the molecule is CCOC(=O)C1CCC(C(=O)OCC)C1. The van der Waals surface area contributed by atoms with Gasteiger partial charge >= 0.3 is 11.9 Å². The van der Waals surface area contributed by atoms with Crippen molar-refractivity contribution in [2.24, 2.45) is 11.8 Å². The van der Waals surface area contributed by atoms with Crippen LogP contribution in [0, 0.1) is 11.8 Å². The summed E-state index contributed by atoms with van der Waals surface area (Å²) >= 11 is 0. The molecule has 1 aliphatic carbocycles. The Hall–Kier alpha value is -1.06. The number of carbonyl (C=O) groups excluding carboxylic acids is 2. The zero-order valence-corrected chi connectivity index (χ0v) is 9.32. The maximum Gasteiger partial charge on any atom is 0.308 e. The zero-order valence-electron chi connectivity index (χ0n) is 9.32. The average molecular weight is 214 g/mol. The first-order chi connectivity index (χ1) is 7.19. The van der Waals surface area contributed by atoms with Crippen molar-refractivity contribution in [1.29, 1.82) is 0 Å². The molecule has 0 saturated heterocycles. The van der Waals surface area contributed by atoms with Crippen LogP contribution >= 0.6 is 0 Å². The second-order valence-corrected chi connectivity index (χ2v) is 3.71. The summed E-state index contributed by atoms with van der Waals surface area (Å²) in [7, 11) is 0. The normalized spacial score (nSPS) is 24.9. The molecule has 4 heteroatoms. The lowest BCUT2D eigenvalue weighted by molar-refractivity contribution is -0.149. The van der Waals surface area contributed by atoms with E-state index < -0.39 is 0 Å². The highest BCUT2D eigenvalue weighted by Crippen LogP contribution is 2.32. The smallest absolute Gasteiger partial charge is 0.308 e. The number of esters is 2. The van der Waals surface area contributed by atoms with Crippen molar-refractivity contribution in [2.45, 2.75) is 33.1 Å². The number of hydrogen-bond donors (Lipinski definition) is 0. The monoisotopic (exact) mass is 214 g/mol. The van der Waals surface area contributed by atoms with Crippen molar-refractivity contribution in [3.05, 3.63) is 0 Å². The fourth-order valence-corrected chi connectivity index (χ4v) is 1.93. The molecule has 0 aliphatic heterocycles. The van der Waals surface area contributed by atoms with Crippen molar-refractivity contribution in [3.8, 4) is 0 Å². The predicted molar refractivity (Wildman–Crippen MR) is 54.1 cm³/mol. The van der Waals surface area contributed by atoms with Crippen LogP contribution in [-0.2, 0) is 19.1 Å². The van der Waals surface area contributed by atoms with E-state index in [9.17, 15) is 9.59 Å². The third-order valence-corrected chi connectivity index (χ3v) is 2.67. The summed E-state index contributed by atoms with van der Waals surface area (Å²) in [6, 6.07) is 0. The average Bonchev–Trinajstić information content (AvgIpc) is 2.67. The highest BCUT2D eigenvalue weighted by Gasteiger charge is 2.35. The molecule has 0 aromatic carbocycles. The van der Waals surface area contributed by atoms with E-state index in [1.807, 2.05) is 0 Å². The van der Waals surface area contributed by atoms with Gasteiger partial charge in [0.2, 0.25) is 0 Å². The van der Waals surface area contributed by atoms with Crippen molar-refractivity contribution >= 4 is 11.9 Å². The molecule has 0 amide bonds. The van der Waals surface area contributed by atoms with Crippen LogP contribution in [0.25, 0.3) is 0 Å². The molecule has 2 unspecified atom stereocenters. The van der Waals surface area contributed by atoms with Gasteiger partial charge in [-0.1, -0.05) is 0 Å². The second kappa shape index (κ2) is 5.73. The maximum absolute atomic E-state index is 11.4. The first kappa shape index (κ1) is 12.0. The summed E-state index contributed by atoms with van der Waals surface area (Å²) in [6.07, 6.45) is 2.06. The molecule has 2 atom stereocenters. The largest absolute Gasteiger partial charge is 0.466 e. The minimum atomic E-state index is -0.177. The molecular formula is C11H18O4. The van der Waals surface area contributed by atoms with Gasteiger partial charge in [-0.2, -0.15) is 0 Å². The minimum absolute atomic E-state index is 0.112. The van der Waals surface area contributed by atoms with Crippen molar-refractivity contribution in [2.75, 3.05) is 13.2 Å². The molecule has 0 radical (unpaired) electrons. The topological polar surface area (TPSA) is 52.6 Å². The molecule has 1 aliphatic rings.